The molecule has 0 unspecified atom stereocenters. The van der Waals surface area contributed by atoms with Crippen LogP contribution in [-0.2, 0) is 0 Å². The number of pyridine rings is 1. The van der Waals surface area contributed by atoms with Gasteiger partial charge in [-0.05, 0) is 25.1 Å². The third-order valence-electron chi connectivity index (χ3n) is 1.66. The molecule has 0 aromatic carbocycles. The molecular formula is C12H14N2. The van der Waals surface area contributed by atoms with Crippen molar-refractivity contribution in [2.75, 3.05) is 5.32 Å². The molecule has 0 amide bonds. The fourth-order valence-electron chi connectivity index (χ4n) is 0.966. The Morgan fingerprint density at radius 3 is 2.93 bits per heavy atom. The maximum absolute atomic E-state index is 4.16. The van der Waals surface area contributed by atoms with Gasteiger partial charge in [-0.2, -0.15) is 0 Å². The second-order valence-corrected chi connectivity index (χ2v) is 2.68. The zero-order valence-electron chi connectivity index (χ0n) is 8.27. The summed E-state index contributed by atoms with van der Waals surface area (Å²) in [5, 5.41) is 3.18. The summed E-state index contributed by atoms with van der Waals surface area (Å²) in [5.74, 6) is 0.842. The van der Waals surface area contributed by atoms with E-state index in [1.54, 1.807) is 12.3 Å². The van der Waals surface area contributed by atoms with Gasteiger partial charge in [-0.25, -0.2) is 4.98 Å². The first-order valence-corrected chi connectivity index (χ1v) is 4.50. The number of rotatable bonds is 4. The summed E-state index contributed by atoms with van der Waals surface area (Å²) in [6, 6.07) is 5.76. The van der Waals surface area contributed by atoms with Crippen LogP contribution in [0.15, 0.2) is 61.0 Å². The molecule has 1 rings (SSSR count). The van der Waals surface area contributed by atoms with Crippen molar-refractivity contribution in [3.63, 3.8) is 0 Å². The molecule has 1 N–H and O–H groups in total. The van der Waals surface area contributed by atoms with Crippen LogP contribution >= 0.6 is 0 Å². The molecule has 1 heterocycles. The highest BCUT2D eigenvalue weighted by Crippen LogP contribution is 2.05. The summed E-state index contributed by atoms with van der Waals surface area (Å²) in [7, 11) is 0. The van der Waals surface area contributed by atoms with E-state index in [1.807, 2.05) is 43.4 Å². The Morgan fingerprint density at radius 1 is 1.50 bits per heavy atom. The highest BCUT2D eigenvalue weighted by molar-refractivity contribution is 5.44. The lowest BCUT2D eigenvalue weighted by molar-refractivity contribution is 1.28. The van der Waals surface area contributed by atoms with Crippen LogP contribution < -0.4 is 5.32 Å². The highest BCUT2D eigenvalue weighted by atomic mass is 15.0. The van der Waals surface area contributed by atoms with E-state index in [9.17, 15) is 0 Å². The molecule has 0 spiro atoms. The van der Waals surface area contributed by atoms with E-state index in [1.165, 1.54) is 0 Å². The number of hydrogen-bond donors (Lipinski definition) is 1. The molecule has 1 aromatic rings. The number of nitrogens with one attached hydrogen (secondary N) is 1. The van der Waals surface area contributed by atoms with Crippen LogP contribution in [0.25, 0.3) is 0 Å². The summed E-state index contributed by atoms with van der Waals surface area (Å²) in [5.41, 5.74) is 1.00. The van der Waals surface area contributed by atoms with Gasteiger partial charge in [-0.3, -0.25) is 0 Å². The minimum Gasteiger partial charge on any atom is -0.341 e. The number of aromatic nitrogens is 1. The van der Waals surface area contributed by atoms with E-state index < -0.39 is 0 Å². The Labute approximate surface area is 84.7 Å². The maximum Gasteiger partial charge on any atom is 0.130 e. The average molecular weight is 186 g/mol. The minimum absolute atomic E-state index is 0.842. The van der Waals surface area contributed by atoms with Gasteiger partial charge in [0.2, 0.25) is 0 Å². The van der Waals surface area contributed by atoms with Gasteiger partial charge >= 0.3 is 0 Å². The third-order valence-corrected chi connectivity index (χ3v) is 1.66. The third kappa shape index (κ3) is 3.27. The second-order valence-electron chi connectivity index (χ2n) is 2.68. The molecule has 0 fully saturated rings. The summed E-state index contributed by atoms with van der Waals surface area (Å²) >= 11 is 0. The van der Waals surface area contributed by atoms with Gasteiger partial charge in [-0.15, -0.1) is 0 Å². The molecule has 0 aliphatic heterocycles. The van der Waals surface area contributed by atoms with Crippen molar-refractivity contribution in [1.82, 2.24) is 4.98 Å². The molecule has 0 saturated heterocycles. The Bertz CT molecular complexity index is 337. The number of nitrogens with zero attached hydrogens (tertiary/aromatic N) is 1. The first-order chi connectivity index (χ1) is 6.86. The smallest absolute Gasteiger partial charge is 0.130 e. The second kappa shape index (κ2) is 5.75. The van der Waals surface area contributed by atoms with Gasteiger partial charge in [0.05, 0.1) is 0 Å². The van der Waals surface area contributed by atoms with Crippen molar-refractivity contribution in [2.24, 2.45) is 0 Å². The molecule has 2 heteroatoms. The fraction of sp³-hybridized carbons (Fsp3) is 0.0833. The van der Waals surface area contributed by atoms with E-state index in [-0.39, 0.29) is 0 Å². The lowest BCUT2D eigenvalue weighted by atomic mass is 10.3. The predicted molar refractivity (Wildman–Crippen MR) is 61.0 cm³/mol. The lowest BCUT2D eigenvalue weighted by Gasteiger charge is -2.04. The molecule has 14 heavy (non-hydrogen) atoms. The van der Waals surface area contributed by atoms with Crippen LogP contribution in [0, 0.1) is 0 Å². The molecule has 0 aliphatic rings. The van der Waals surface area contributed by atoms with E-state index in [0.717, 1.165) is 11.5 Å². The van der Waals surface area contributed by atoms with Crippen LogP contribution in [0.4, 0.5) is 5.82 Å². The Balaban J connectivity index is 2.67. The monoisotopic (exact) mass is 186 g/mol. The van der Waals surface area contributed by atoms with Crippen molar-refractivity contribution in [3.05, 3.63) is 61.0 Å². The molecule has 1 aromatic heterocycles. The first kappa shape index (κ1) is 10.3. The largest absolute Gasteiger partial charge is 0.341 e. The molecule has 0 aliphatic carbocycles. The quantitative estimate of drug-likeness (QED) is 0.731. The van der Waals surface area contributed by atoms with Crippen LogP contribution in [-0.4, -0.2) is 4.98 Å². The summed E-state index contributed by atoms with van der Waals surface area (Å²) in [4.78, 5) is 4.16. The zero-order valence-corrected chi connectivity index (χ0v) is 8.27. The minimum atomic E-state index is 0.842. The van der Waals surface area contributed by atoms with E-state index in [0.29, 0.717) is 0 Å². The number of hydrogen-bond acceptors (Lipinski definition) is 2. The number of anilines is 1. The maximum atomic E-state index is 4.16. The van der Waals surface area contributed by atoms with E-state index in [2.05, 4.69) is 16.9 Å². The molecule has 0 radical (unpaired) electrons. The van der Waals surface area contributed by atoms with Gasteiger partial charge in [0.25, 0.3) is 0 Å². The fourth-order valence-corrected chi connectivity index (χ4v) is 0.966. The van der Waals surface area contributed by atoms with Crippen molar-refractivity contribution in [2.45, 2.75) is 6.92 Å². The van der Waals surface area contributed by atoms with Crippen LogP contribution in [0.1, 0.15) is 6.92 Å². The Kier molecular flexibility index (Phi) is 4.21. The Morgan fingerprint density at radius 2 is 2.36 bits per heavy atom. The van der Waals surface area contributed by atoms with Gasteiger partial charge in [0.1, 0.15) is 5.82 Å². The summed E-state index contributed by atoms with van der Waals surface area (Å²) < 4.78 is 0. The summed E-state index contributed by atoms with van der Waals surface area (Å²) in [6.07, 6.45) is 9.30. The SMILES string of the molecule is C=C/C=C\C(=C/C)Nc1ccccn1. The standard InChI is InChI=1S/C12H14N2/c1-3-5-8-11(4-2)14-12-9-6-7-10-13-12/h3-10H,1H2,2H3,(H,13,14)/b8-5-,11-4+. The van der Waals surface area contributed by atoms with Crippen LogP contribution in [0.5, 0.6) is 0 Å². The van der Waals surface area contributed by atoms with Gasteiger partial charge in [0.15, 0.2) is 0 Å². The molecule has 0 saturated carbocycles. The zero-order chi connectivity index (χ0) is 10.2. The van der Waals surface area contributed by atoms with Crippen molar-refractivity contribution < 1.29 is 0 Å². The molecule has 2 nitrogen and oxygen atoms in total. The van der Waals surface area contributed by atoms with Gasteiger partial charge in [-0.1, -0.05) is 30.9 Å². The van der Waals surface area contributed by atoms with Crippen LogP contribution in [0.3, 0.4) is 0 Å². The average Bonchev–Trinajstić information content (AvgIpc) is 2.25. The lowest BCUT2D eigenvalue weighted by Crippen LogP contribution is -1.97. The first-order valence-electron chi connectivity index (χ1n) is 4.50. The topological polar surface area (TPSA) is 24.9 Å². The van der Waals surface area contributed by atoms with Crippen molar-refractivity contribution in [1.29, 1.82) is 0 Å². The van der Waals surface area contributed by atoms with E-state index in [4.69, 9.17) is 0 Å². The molecule has 0 bridgehead atoms. The molecular weight excluding hydrogens is 172 g/mol. The highest BCUT2D eigenvalue weighted by Gasteiger charge is 1.91. The molecule has 72 valence electrons. The predicted octanol–water partition coefficient (Wildman–Crippen LogP) is 3.14. The normalized spacial score (nSPS) is 11.6. The van der Waals surface area contributed by atoms with Crippen LogP contribution in [0.2, 0.25) is 0 Å². The van der Waals surface area contributed by atoms with E-state index >= 15 is 0 Å². The summed E-state index contributed by atoms with van der Waals surface area (Å²) in [6.45, 7) is 5.59. The number of allylic oxidation sites excluding steroid dienone is 4. The molecule has 0 atom stereocenters. The van der Waals surface area contributed by atoms with Crippen molar-refractivity contribution >= 4 is 5.82 Å². The Hall–Kier alpha value is -1.83. The van der Waals surface area contributed by atoms with Gasteiger partial charge < -0.3 is 5.32 Å². The van der Waals surface area contributed by atoms with Gasteiger partial charge in [0, 0.05) is 11.9 Å². The van der Waals surface area contributed by atoms with Crippen molar-refractivity contribution in [3.8, 4) is 0 Å².